The van der Waals surface area contributed by atoms with Gasteiger partial charge in [-0.25, -0.2) is 4.98 Å². The maximum absolute atomic E-state index is 5.32. The highest BCUT2D eigenvalue weighted by atomic mass is 32.1. The minimum Gasteiger partial charge on any atom is -0.242 e. The van der Waals surface area contributed by atoms with E-state index in [1.807, 2.05) is 10.7 Å². The van der Waals surface area contributed by atoms with Crippen molar-refractivity contribution >= 4 is 49.6 Å². The lowest BCUT2D eigenvalue weighted by Crippen LogP contribution is -2.20. The fraction of sp³-hybridized carbons (Fsp3) is 0.444. The van der Waals surface area contributed by atoms with E-state index in [4.69, 9.17) is 22.2 Å². The van der Waals surface area contributed by atoms with Crippen LogP contribution in [0, 0.1) is 4.77 Å². The molecule has 0 unspecified atom stereocenters. The molecule has 1 aliphatic rings. The maximum atomic E-state index is 5.32. The molecule has 0 amide bonds. The zero-order valence-electron chi connectivity index (χ0n) is 14.2. The monoisotopic (exact) mass is 370 g/mol. The molecule has 25 heavy (non-hydrogen) atoms. The Bertz CT molecular complexity index is 1170. The lowest BCUT2D eigenvalue weighted by Gasteiger charge is -2.19. The van der Waals surface area contributed by atoms with E-state index in [0.717, 1.165) is 40.0 Å². The molecule has 1 aliphatic carbocycles. The van der Waals surface area contributed by atoms with Crippen LogP contribution < -0.4 is 4.40 Å². The van der Waals surface area contributed by atoms with E-state index in [1.165, 1.54) is 47.9 Å². The summed E-state index contributed by atoms with van der Waals surface area (Å²) >= 11 is 7.05. The first kappa shape index (κ1) is 15.4. The topological polar surface area (TPSA) is 61.5 Å². The number of nitrogens with one attached hydrogen (secondary N) is 2. The van der Waals surface area contributed by atoms with Gasteiger partial charge in [-0.1, -0.05) is 13.3 Å². The van der Waals surface area contributed by atoms with Gasteiger partial charge in [-0.05, 0) is 61.9 Å². The molecule has 0 saturated heterocycles. The standard InChI is InChI=1S/C18H19N5S2/c1-2-3-8-12-10-6-4-5-7-11(10)13-14-15(25-17(13)20-12)16-21-22-18(24)23(16)9-19-14/h9H,2-8H2,1H3,(H,22,24)/p+1. The molecule has 128 valence electrons. The van der Waals surface area contributed by atoms with E-state index in [1.54, 1.807) is 11.3 Å². The number of unbranched alkanes of at least 4 members (excludes halogenated alkanes) is 1. The van der Waals surface area contributed by atoms with Gasteiger partial charge in [0.25, 0.3) is 10.4 Å². The quantitative estimate of drug-likeness (QED) is 0.420. The number of hydrogen-bond donors (Lipinski definition) is 2. The molecular formula is C18H20N5S2+. The van der Waals surface area contributed by atoms with Crippen LogP contribution in [0.25, 0.3) is 26.1 Å². The van der Waals surface area contributed by atoms with Crippen molar-refractivity contribution in [3.05, 3.63) is 27.9 Å². The predicted molar refractivity (Wildman–Crippen MR) is 103 cm³/mol. The Labute approximate surface area is 154 Å². The summed E-state index contributed by atoms with van der Waals surface area (Å²) in [6, 6.07) is 0. The number of nitrogens with zero attached hydrogens (tertiary/aromatic N) is 3. The second-order valence-electron chi connectivity index (χ2n) is 6.80. The molecule has 0 bridgehead atoms. The summed E-state index contributed by atoms with van der Waals surface area (Å²) in [5.41, 5.74) is 6.38. The maximum Gasteiger partial charge on any atom is 0.297 e. The summed E-state index contributed by atoms with van der Waals surface area (Å²) < 4.78 is 3.68. The average molecular weight is 371 g/mol. The Morgan fingerprint density at radius 1 is 1.24 bits per heavy atom. The van der Waals surface area contributed by atoms with Gasteiger partial charge in [-0.3, -0.25) is 0 Å². The number of H-pyrrole nitrogens is 2. The molecule has 4 aromatic rings. The van der Waals surface area contributed by atoms with Crippen LogP contribution in [-0.2, 0) is 19.3 Å². The van der Waals surface area contributed by atoms with Crippen LogP contribution in [0.15, 0.2) is 6.33 Å². The van der Waals surface area contributed by atoms with Crippen LogP contribution in [-0.4, -0.2) is 20.2 Å². The van der Waals surface area contributed by atoms with Crippen molar-refractivity contribution < 1.29 is 4.40 Å². The van der Waals surface area contributed by atoms with Gasteiger partial charge in [0, 0.05) is 5.69 Å². The van der Waals surface area contributed by atoms with Gasteiger partial charge in [-0.15, -0.1) is 16.3 Å². The van der Waals surface area contributed by atoms with Crippen molar-refractivity contribution in [2.24, 2.45) is 0 Å². The van der Waals surface area contributed by atoms with Gasteiger partial charge in [0.2, 0.25) is 6.33 Å². The fourth-order valence-corrected chi connectivity index (χ4v) is 5.37. The Morgan fingerprint density at radius 2 is 2.08 bits per heavy atom. The lowest BCUT2D eigenvalue weighted by atomic mass is 9.87. The summed E-state index contributed by atoms with van der Waals surface area (Å²) in [4.78, 5) is 11.0. The molecule has 0 fully saturated rings. The number of aromatic amines is 2. The van der Waals surface area contributed by atoms with Crippen LogP contribution in [0.3, 0.4) is 0 Å². The van der Waals surface area contributed by atoms with Crippen molar-refractivity contribution in [1.29, 1.82) is 0 Å². The summed E-state index contributed by atoms with van der Waals surface area (Å²) in [5.74, 6) is 0. The third-order valence-corrected chi connectivity index (χ3v) is 6.63. The first-order chi connectivity index (χ1) is 12.3. The van der Waals surface area contributed by atoms with E-state index >= 15 is 0 Å². The summed E-state index contributed by atoms with van der Waals surface area (Å²) in [6.07, 6.45) is 10.2. The van der Waals surface area contributed by atoms with Crippen molar-refractivity contribution in [2.45, 2.75) is 51.9 Å². The van der Waals surface area contributed by atoms with E-state index in [0.29, 0.717) is 4.77 Å². The van der Waals surface area contributed by atoms with Crippen LogP contribution in [0.1, 0.15) is 49.4 Å². The number of hydrogen-bond acceptors (Lipinski definition) is 4. The number of fused-ring (bicyclic) bond motifs is 7. The highest BCUT2D eigenvalue weighted by Gasteiger charge is 2.24. The molecule has 5 rings (SSSR count). The largest absolute Gasteiger partial charge is 0.297 e. The second kappa shape index (κ2) is 5.85. The van der Waals surface area contributed by atoms with Crippen molar-refractivity contribution in [3.8, 4) is 0 Å². The minimum absolute atomic E-state index is 0.639. The van der Waals surface area contributed by atoms with Gasteiger partial charge in [0.15, 0.2) is 5.52 Å². The molecule has 2 N–H and O–H groups in total. The van der Waals surface area contributed by atoms with Crippen LogP contribution >= 0.6 is 23.6 Å². The minimum atomic E-state index is 0.639. The number of thiophene rings is 1. The summed E-state index contributed by atoms with van der Waals surface area (Å²) in [7, 11) is 0. The lowest BCUT2D eigenvalue weighted by molar-refractivity contribution is -0.522. The molecule has 0 aliphatic heterocycles. The van der Waals surface area contributed by atoms with E-state index in [2.05, 4.69) is 17.1 Å². The molecule has 0 atom stereocenters. The second-order valence-corrected chi connectivity index (χ2v) is 8.19. The van der Waals surface area contributed by atoms with Crippen LogP contribution in [0.2, 0.25) is 0 Å². The SMILES string of the molecule is CCCCc1nc2sc3c(nc[n+]4c(=S)[nH][nH]c34)c2c2c1CCCC2. The number of rotatable bonds is 3. The number of pyridine rings is 1. The summed E-state index contributed by atoms with van der Waals surface area (Å²) in [6.45, 7) is 2.25. The highest BCUT2D eigenvalue weighted by molar-refractivity contribution is 7.71. The van der Waals surface area contributed by atoms with E-state index in [-0.39, 0.29) is 0 Å². The van der Waals surface area contributed by atoms with Crippen molar-refractivity contribution in [2.75, 3.05) is 0 Å². The van der Waals surface area contributed by atoms with Gasteiger partial charge >= 0.3 is 0 Å². The molecular weight excluding hydrogens is 350 g/mol. The van der Waals surface area contributed by atoms with Crippen LogP contribution in [0.5, 0.6) is 0 Å². The Morgan fingerprint density at radius 3 is 2.92 bits per heavy atom. The Hall–Kier alpha value is -1.86. The van der Waals surface area contributed by atoms with E-state index in [9.17, 15) is 0 Å². The van der Waals surface area contributed by atoms with Gasteiger partial charge < -0.3 is 0 Å². The zero-order valence-corrected chi connectivity index (χ0v) is 15.8. The third kappa shape index (κ3) is 2.25. The van der Waals surface area contributed by atoms with Crippen molar-refractivity contribution in [1.82, 2.24) is 20.2 Å². The third-order valence-electron chi connectivity index (χ3n) is 5.25. The Kier molecular flexibility index (Phi) is 3.60. The van der Waals surface area contributed by atoms with Gasteiger partial charge in [-0.2, -0.15) is 14.6 Å². The first-order valence-corrected chi connectivity index (χ1v) is 10.2. The molecule has 7 heteroatoms. The molecule has 4 heterocycles. The fourth-order valence-electron chi connectivity index (χ4n) is 4.01. The predicted octanol–water partition coefficient (Wildman–Crippen LogP) is 4.19. The molecule has 5 nitrogen and oxygen atoms in total. The first-order valence-electron chi connectivity index (χ1n) is 9.01. The van der Waals surface area contributed by atoms with Crippen molar-refractivity contribution in [3.63, 3.8) is 0 Å². The number of aromatic nitrogens is 5. The Balaban J connectivity index is 1.88. The molecule has 0 spiro atoms. The van der Waals surface area contributed by atoms with E-state index < -0.39 is 0 Å². The molecule has 0 saturated carbocycles. The molecule has 4 aromatic heterocycles. The molecule has 0 aromatic carbocycles. The average Bonchev–Trinajstić information content (AvgIpc) is 3.20. The zero-order chi connectivity index (χ0) is 17.0. The van der Waals surface area contributed by atoms with Gasteiger partial charge in [0.05, 0.1) is 5.39 Å². The number of aryl methyl sites for hydroxylation is 2. The van der Waals surface area contributed by atoms with Crippen LogP contribution in [0.4, 0.5) is 0 Å². The van der Waals surface area contributed by atoms with Gasteiger partial charge in [0.1, 0.15) is 9.53 Å². The molecule has 0 radical (unpaired) electrons. The smallest absolute Gasteiger partial charge is 0.242 e. The highest BCUT2D eigenvalue weighted by Crippen LogP contribution is 2.39. The summed E-state index contributed by atoms with van der Waals surface area (Å²) in [5, 5.41) is 7.49. The normalized spacial score (nSPS) is 14.6.